The molecule has 0 unspecified atom stereocenters. The van der Waals surface area contributed by atoms with Crippen molar-refractivity contribution in [2.45, 2.75) is 39.0 Å². The standard InChI is InChI=1S/C21H27N3O2S2/c1-15(2)16-6-8-17(9-7-16)18-12-28-21(22-18)23-19(25)13-27-14-20(26)24-10-4-3-5-11-24/h6-9,12,15H,3-5,10-11,13-14H2,1-2H3,(H,22,23,25). The molecule has 1 aromatic carbocycles. The maximum Gasteiger partial charge on any atom is 0.236 e. The third-order valence-electron chi connectivity index (χ3n) is 4.79. The third kappa shape index (κ3) is 5.82. The van der Waals surface area contributed by atoms with Crippen molar-refractivity contribution in [1.29, 1.82) is 0 Å². The van der Waals surface area contributed by atoms with E-state index in [0.717, 1.165) is 37.2 Å². The molecule has 1 aliphatic rings. The number of nitrogens with zero attached hydrogens (tertiary/aromatic N) is 2. The number of hydrogen-bond donors (Lipinski definition) is 1. The van der Waals surface area contributed by atoms with Crippen LogP contribution in [-0.2, 0) is 9.59 Å². The second kappa shape index (κ2) is 10.1. The highest BCUT2D eigenvalue weighted by Gasteiger charge is 2.17. The monoisotopic (exact) mass is 417 g/mol. The van der Waals surface area contributed by atoms with Gasteiger partial charge in [0, 0.05) is 24.0 Å². The summed E-state index contributed by atoms with van der Waals surface area (Å²) in [4.78, 5) is 30.7. The van der Waals surface area contributed by atoms with Crippen molar-refractivity contribution >= 4 is 40.0 Å². The topological polar surface area (TPSA) is 62.3 Å². The van der Waals surface area contributed by atoms with Gasteiger partial charge < -0.3 is 10.2 Å². The van der Waals surface area contributed by atoms with Crippen LogP contribution in [0.25, 0.3) is 11.3 Å². The molecule has 150 valence electrons. The second-order valence-corrected chi connectivity index (χ2v) is 9.14. The first-order chi connectivity index (χ1) is 13.5. The molecule has 0 aliphatic carbocycles. The van der Waals surface area contributed by atoms with E-state index in [1.165, 1.54) is 35.1 Å². The Kier molecular flexibility index (Phi) is 7.50. The zero-order valence-corrected chi connectivity index (χ0v) is 18.1. The van der Waals surface area contributed by atoms with Crippen LogP contribution in [0.15, 0.2) is 29.6 Å². The molecule has 28 heavy (non-hydrogen) atoms. The molecule has 7 heteroatoms. The Morgan fingerprint density at radius 3 is 2.54 bits per heavy atom. The van der Waals surface area contributed by atoms with Crippen LogP contribution in [0, 0.1) is 0 Å². The summed E-state index contributed by atoms with van der Waals surface area (Å²) in [6.45, 7) is 6.05. The molecule has 5 nitrogen and oxygen atoms in total. The first kappa shape index (κ1) is 20.9. The van der Waals surface area contributed by atoms with E-state index in [1.54, 1.807) is 0 Å². The average molecular weight is 418 g/mol. The summed E-state index contributed by atoms with van der Waals surface area (Å²) < 4.78 is 0. The number of likely N-dealkylation sites (tertiary alicyclic amines) is 1. The number of benzene rings is 1. The van der Waals surface area contributed by atoms with Gasteiger partial charge in [0.1, 0.15) is 0 Å². The molecule has 0 atom stereocenters. The first-order valence-electron chi connectivity index (χ1n) is 9.74. The highest BCUT2D eigenvalue weighted by molar-refractivity contribution is 8.00. The van der Waals surface area contributed by atoms with E-state index in [9.17, 15) is 9.59 Å². The highest BCUT2D eigenvalue weighted by Crippen LogP contribution is 2.26. The van der Waals surface area contributed by atoms with E-state index in [4.69, 9.17) is 0 Å². The fourth-order valence-corrected chi connectivity index (χ4v) is 4.58. The molecule has 2 amide bonds. The molecule has 1 saturated heterocycles. The van der Waals surface area contributed by atoms with Crippen molar-refractivity contribution in [2.75, 3.05) is 29.9 Å². The summed E-state index contributed by atoms with van der Waals surface area (Å²) in [7, 11) is 0. The van der Waals surface area contributed by atoms with E-state index >= 15 is 0 Å². The van der Waals surface area contributed by atoms with Crippen molar-refractivity contribution < 1.29 is 9.59 Å². The van der Waals surface area contributed by atoms with Gasteiger partial charge in [0.2, 0.25) is 11.8 Å². The molecule has 3 rings (SSSR count). The largest absolute Gasteiger partial charge is 0.342 e. The first-order valence-corrected chi connectivity index (χ1v) is 11.8. The van der Waals surface area contributed by atoms with Crippen LogP contribution in [0.3, 0.4) is 0 Å². The molecular formula is C21H27N3O2S2. The summed E-state index contributed by atoms with van der Waals surface area (Å²) in [5, 5.41) is 5.38. The van der Waals surface area contributed by atoms with Crippen LogP contribution in [0.5, 0.6) is 0 Å². The number of anilines is 1. The zero-order chi connectivity index (χ0) is 19.9. The Balaban J connectivity index is 1.45. The van der Waals surface area contributed by atoms with Gasteiger partial charge in [0.05, 0.1) is 17.2 Å². The lowest BCUT2D eigenvalue weighted by Gasteiger charge is -2.26. The summed E-state index contributed by atoms with van der Waals surface area (Å²) in [5.74, 6) is 1.14. The second-order valence-electron chi connectivity index (χ2n) is 7.30. The molecule has 2 aromatic rings. The van der Waals surface area contributed by atoms with E-state index in [-0.39, 0.29) is 17.6 Å². The molecular weight excluding hydrogens is 390 g/mol. The maximum absolute atomic E-state index is 12.1. The third-order valence-corrected chi connectivity index (χ3v) is 6.47. The molecule has 1 fully saturated rings. The summed E-state index contributed by atoms with van der Waals surface area (Å²) in [6, 6.07) is 8.37. The van der Waals surface area contributed by atoms with Crippen molar-refractivity contribution in [3.05, 3.63) is 35.2 Å². The quantitative estimate of drug-likeness (QED) is 0.714. The normalized spacial score (nSPS) is 14.3. The SMILES string of the molecule is CC(C)c1ccc(-c2csc(NC(=O)CSCC(=O)N3CCCCC3)n2)cc1. The molecule has 2 heterocycles. The van der Waals surface area contributed by atoms with Crippen molar-refractivity contribution in [2.24, 2.45) is 0 Å². The number of carbonyl (C=O) groups is 2. The maximum atomic E-state index is 12.1. The van der Waals surface area contributed by atoms with Gasteiger partial charge in [-0.2, -0.15) is 0 Å². The van der Waals surface area contributed by atoms with E-state index in [1.807, 2.05) is 10.3 Å². The number of thiazole rings is 1. The Bertz CT molecular complexity index is 796. The molecule has 0 radical (unpaired) electrons. The Labute approximate surface area is 174 Å². The zero-order valence-electron chi connectivity index (χ0n) is 16.4. The molecule has 1 aliphatic heterocycles. The van der Waals surface area contributed by atoms with E-state index in [2.05, 4.69) is 48.4 Å². The summed E-state index contributed by atoms with van der Waals surface area (Å²) >= 11 is 2.78. The number of aromatic nitrogens is 1. The van der Waals surface area contributed by atoms with Gasteiger partial charge in [0.25, 0.3) is 0 Å². The van der Waals surface area contributed by atoms with Gasteiger partial charge in [-0.25, -0.2) is 4.98 Å². The van der Waals surface area contributed by atoms with Crippen LogP contribution < -0.4 is 5.32 Å². The molecule has 1 N–H and O–H groups in total. The minimum absolute atomic E-state index is 0.118. The number of hydrogen-bond acceptors (Lipinski definition) is 5. The number of piperidine rings is 1. The minimum atomic E-state index is -0.118. The molecule has 0 spiro atoms. The van der Waals surface area contributed by atoms with Crippen molar-refractivity contribution in [3.63, 3.8) is 0 Å². The minimum Gasteiger partial charge on any atom is -0.342 e. The van der Waals surface area contributed by atoms with Gasteiger partial charge in [-0.3, -0.25) is 9.59 Å². The van der Waals surface area contributed by atoms with Gasteiger partial charge in [-0.1, -0.05) is 38.1 Å². The van der Waals surface area contributed by atoms with Crippen molar-refractivity contribution in [3.8, 4) is 11.3 Å². The van der Waals surface area contributed by atoms with E-state index < -0.39 is 0 Å². The lowest BCUT2D eigenvalue weighted by atomic mass is 10.0. The van der Waals surface area contributed by atoms with Gasteiger partial charge in [-0.15, -0.1) is 23.1 Å². The molecule has 0 bridgehead atoms. The Morgan fingerprint density at radius 1 is 1.14 bits per heavy atom. The molecule has 0 saturated carbocycles. The van der Waals surface area contributed by atoms with Gasteiger partial charge in [-0.05, 0) is 30.7 Å². The Hall–Kier alpha value is -1.86. The lowest BCUT2D eigenvalue weighted by molar-refractivity contribution is -0.129. The summed E-state index contributed by atoms with van der Waals surface area (Å²) in [6.07, 6.45) is 3.38. The van der Waals surface area contributed by atoms with Crippen LogP contribution in [-0.4, -0.2) is 46.3 Å². The van der Waals surface area contributed by atoms with Gasteiger partial charge >= 0.3 is 0 Å². The fourth-order valence-electron chi connectivity index (χ4n) is 3.12. The van der Waals surface area contributed by atoms with Crippen LogP contribution in [0.4, 0.5) is 5.13 Å². The number of amides is 2. The smallest absolute Gasteiger partial charge is 0.236 e. The number of nitrogens with one attached hydrogen (secondary N) is 1. The van der Waals surface area contributed by atoms with Crippen LogP contribution in [0.1, 0.15) is 44.6 Å². The summed E-state index contributed by atoms with van der Waals surface area (Å²) in [5.41, 5.74) is 3.20. The number of rotatable bonds is 7. The van der Waals surface area contributed by atoms with Crippen molar-refractivity contribution in [1.82, 2.24) is 9.88 Å². The molecule has 1 aromatic heterocycles. The van der Waals surface area contributed by atoms with Crippen LogP contribution in [0.2, 0.25) is 0 Å². The Morgan fingerprint density at radius 2 is 1.86 bits per heavy atom. The fraction of sp³-hybridized carbons (Fsp3) is 0.476. The average Bonchev–Trinajstić information content (AvgIpc) is 3.17. The van der Waals surface area contributed by atoms with Gasteiger partial charge in [0.15, 0.2) is 5.13 Å². The van der Waals surface area contributed by atoms with Crippen LogP contribution >= 0.6 is 23.1 Å². The predicted molar refractivity (Wildman–Crippen MR) is 118 cm³/mol. The number of carbonyl (C=O) groups excluding carboxylic acids is 2. The van der Waals surface area contributed by atoms with E-state index in [0.29, 0.717) is 16.8 Å². The predicted octanol–water partition coefficient (Wildman–Crippen LogP) is 4.62. The highest BCUT2D eigenvalue weighted by atomic mass is 32.2. The lowest BCUT2D eigenvalue weighted by Crippen LogP contribution is -2.37. The number of thioether (sulfide) groups is 1.